The molecule has 6 heteroatoms. The average molecular weight is 1250 g/mol. The van der Waals surface area contributed by atoms with Crippen molar-refractivity contribution in [3.05, 3.63) is 235 Å². The van der Waals surface area contributed by atoms with Crippen molar-refractivity contribution in [2.75, 3.05) is 0 Å². The van der Waals surface area contributed by atoms with Crippen molar-refractivity contribution in [2.45, 2.75) is 105 Å². The third kappa shape index (κ3) is 9.81. The van der Waals surface area contributed by atoms with Gasteiger partial charge in [-0.05, 0) is 134 Å². The Hall–Kier alpha value is -8.11. The number of aromatic nitrogens is 4. The van der Waals surface area contributed by atoms with Gasteiger partial charge in [-0.3, -0.25) is 0 Å². The van der Waals surface area contributed by atoms with E-state index in [0.717, 1.165) is 93.4 Å². The van der Waals surface area contributed by atoms with Gasteiger partial charge in [-0.25, -0.2) is 4.98 Å². The molecule has 12 aromatic rings. The van der Waals surface area contributed by atoms with E-state index in [9.17, 15) is 0 Å². The quantitative estimate of drug-likeness (QED) is 0.162. The molecule has 9 aromatic carbocycles. The molecule has 3 aromatic heterocycles. The maximum Gasteiger partial charge on any atom is 0.136 e. The molecule has 82 heavy (non-hydrogen) atoms. The maximum atomic E-state index is 6.92. The summed E-state index contributed by atoms with van der Waals surface area (Å²) in [6.07, 6.45) is 2.24. The Labute approximate surface area is 496 Å². The van der Waals surface area contributed by atoms with Gasteiger partial charge in [0.25, 0.3) is 0 Å². The van der Waals surface area contributed by atoms with Gasteiger partial charge in [-0.2, -0.15) is 24.3 Å². The number of fused-ring (bicyclic) bond motifs is 23. The van der Waals surface area contributed by atoms with Crippen LogP contribution in [0.4, 0.5) is 0 Å². The first-order chi connectivity index (χ1) is 38.6. The second-order valence-electron chi connectivity index (χ2n) is 26.3. The summed E-state index contributed by atoms with van der Waals surface area (Å²) in [5.41, 5.74) is 18.1. The number of imidazole rings is 1. The molecule has 13 rings (SSSR count). The number of para-hydroxylation sites is 2. The molecular formula is C76H69N4OPt-3. The van der Waals surface area contributed by atoms with Gasteiger partial charge in [0.15, 0.2) is 0 Å². The van der Waals surface area contributed by atoms with Crippen LogP contribution in [0.3, 0.4) is 0 Å². The molecule has 0 saturated carbocycles. The summed E-state index contributed by atoms with van der Waals surface area (Å²) in [6, 6.07) is 79.0. The fourth-order valence-corrected chi connectivity index (χ4v) is 11.7. The van der Waals surface area contributed by atoms with Crippen LogP contribution in [0.15, 0.2) is 205 Å². The number of hydrogen-bond acceptors (Lipinski definition) is 2. The first kappa shape index (κ1) is 54.5. The Kier molecular flexibility index (Phi) is 13.4. The Morgan fingerprint density at radius 3 is 1.78 bits per heavy atom. The second-order valence-corrected chi connectivity index (χ2v) is 26.3. The molecule has 0 N–H and O–H groups in total. The Balaban J connectivity index is 0.00000665. The van der Waals surface area contributed by atoms with Crippen LogP contribution in [0.1, 0.15) is 105 Å². The van der Waals surface area contributed by atoms with Crippen molar-refractivity contribution >= 4 is 82.1 Å². The van der Waals surface area contributed by atoms with E-state index in [2.05, 4.69) is 297 Å². The minimum Gasteiger partial charge on any atom is -0.510 e. The molecule has 5 nitrogen and oxygen atoms in total. The fourth-order valence-electron chi connectivity index (χ4n) is 11.7. The van der Waals surface area contributed by atoms with Crippen LogP contribution in [0.25, 0.3) is 116 Å². The molecule has 0 radical (unpaired) electrons. The zero-order valence-electron chi connectivity index (χ0n) is 49.1. The number of benzene rings is 9. The Morgan fingerprint density at radius 1 is 0.415 bits per heavy atom. The monoisotopic (exact) mass is 1250 g/mol. The predicted octanol–water partition coefficient (Wildman–Crippen LogP) is 20.7. The van der Waals surface area contributed by atoms with Gasteiger partial charge >= 0.3 is 0 Å². The summed E-state index contributed by atoms with van der Waals surface area (Å²) in [5.74, 6) is 0. The first-order valence-corrected chi connectivity index (χ1v) is 28.5. The minimum absolute atomic E-state index is 0. The summed E-state index contributed by atoms with van der Waals surface area (Å²) in [6.45, 7) is 27.5. The summed E-state index contributed by atoms with van der Waals surface area (Å²) in [4.78, 5) is 5.68. The van der Waals surface area contributed by atoms with Crippen molar-refractivity contribution in [1.82, 2.24) is 18.5 Å². The number of pyridine rings is 1. The number of hydrogen-bond donors (Lipinski definition) is 0. The van der Waals surface area contributed by atoms with Gasteiger partial charge in [0, 0.05) is 49.5 Å². The zero-order valence-corrected chi connectivity index (χ0v) is 51.3. The largest absolute Gasteiger partial charge is 0.510 e. The molecule has 1 aliphatic rings. The van der Waals surface area contributed by atoms with Gasteiger partial charge in [0.2, 0.25) is 0 Å². The molecule has 0 fully saturated rings. The van der Waals surface area contributed by atoms with Crippen LogP contribution in [0, 0.1) is 12.1 Å². The van der Waals surface area contributed by atoms with Gasteiger partial charge in [0.05, 0.1) is 5.52 Å². The zero-order chi connectivity index (χ0) is 56.3. The van der Waals surface area contributed by atoms with Crippen LogP contribution < -0.4 is 0 Å². The third-order valence-electron chi connectivity index (χ3n) is 16.4. The first-order valence-electron chi connectivity index (χ1n) is 28.5. The fraction of sp³-hybridized carbons (Fsp3) is 0.211. The van der Waals surface area contributed by atoms with E-state index in [4.69, 9.17) is 9.40 Å². The average Bonchev–Trinajstić information content (AvgIpc) is 3.43. The summed E-state index contributed by atoms with van der Waals surface area (Å²) >= 11 is 0. The van der Waals surface area contributed by atoms with Crippen LogP contribution in [0.2, 0.25) is 0 Å². The third-order valence-corrected chi connectivity index (χ3v) is 16.4. The molecular weight excluding hydrogens is 1180 g/mol. The van der Waals surface area contributed by atoms with Gasteiger partial charge < -0.3 is 18.0 Å². The Bertz CT molecular complexity index is 4790. The standard InChI is InChI=1S/C76H69N4O.Pt/c1-73(2,3)53-33-30-48(31-34-53)49-32-37-67-64(40-49)62-36-35-59-46-70(62)80(67)71-44-56(76(10,11)12)43-66(77-71)52-22-17-20-50(38-52)60-26-13-14-27-61(60)65-42-55(75(7,8)9)41-63(51-21-18-23-54(39-51)74(4,5)6)72(65)79-47-78(68-28-15-16-29-69(68)79)57-24-19-25-58(45-57)81-59;/h13-44,47H,1-12H3;/q-3;. The van der Waals surface area contributed by atoms with Crippen LogP contribution in [-0.4, -0.2) is 18.5 Å². The van der Waals surface area contributed by atoms with Crippen LogP contribution >= 0.6 is 0 Å². The van der Waals surface area contributed by atoms with E-state index in [1.54, 1.807) is 0 Å². The number of nitrogens with zero attached hydrogens (tertiary/aromatic N) is 4. The SMILES string of the molecule is CC(C)(C)c1ccc(-c2ccc3c(c2)c2ccc4[c-]c2n3c2cc(C(C)(C)C)cc(n2)c2cccc(c2)c2ccccc2c2cc(C(C)(C)C)cc(-c3cccc(C(C)(C)C)c3)c2n2[cH-]n(c3[c-]c(ccc3)o4)-c3ccccc3-2)cc1.[Pt]. The molecule has 10 bridgehead atoms. The molecule has 0 unspecified atom stereocenters. The molecule has 0 aliphatic carbocycles. The maximum absolute atomic E-state index is 6.92. The normalized spacial score (nSPS) is 12.5. The predicted molar refractivity (Wildman–Crippen MR) is 343 cm³/mol. The number of rotatable bonds is 2. The van der Waals surface area contributed by atoms with E-state index in [0.29, 0.717) is 11.2 Å². The summed E-state index contributed by atoms with van der Waals surface area (Å²) < 4.78 is 13.9. The smallest absolute Gasteiger partial charge is 0.136 e. The van der Waals surface area contributed by atoms with Gasteiger partial charge in [0.1, 0.15) is 5.65 Å². The van der Waals surface area contributed by atoms with E-state index in [-0.39, 0.29) is 42.7 Å². The van der Waals surface area contributed by atoms with Crippen molar-refractivity contribution in [3.63, 3.8) is 0 Å². The topological polar surface area (TPSA) is 40.3 Å². The molecule has 412 valence electrons. The van der Waals surface area contributed by atoms with Crippen LogP contribution in [-0.2, 0) is 42.7 Å². The van der Waals surface area contributed by atoms with E-state index >= 15 is 0 Å². The molecule has 0 amide bonds. The van der Waals surface area contributed by atoms with Crippen molar-refractivity contribution in [3.8, 4) is 33.6 Å². The van der Waals surface area contributed by atoms with Gasteiger partial charge in [-0.1, -0.05) is 228 Å². The van der Waals surface area contributed by atoms with Gasteiger partial charge in [-0.15, -0.1) is 29.1 Å². The minimum atomic E-state index is -0.203. The summed E-state index contributed by atoms with van der Waals surface area (Å²) in [7, 11) is 0. The van der Waals surface area contributed by atoms with E-state index in [1.807, 2.05) is 12.1 Å². The Morgan fingerprint density at radius 2 is 1.05 bits per heavy atom. The van der Waals surface area contributed by atoms with Crippen molar-refractivity contribution < 1.29 is 25.5 Å². The molecule has 1 aliphatic heterocycles. The second kappa shape index (κ2) is 20.1. The summed E-state index contributed by atoms with van der Waals surface area (Å²) in [5, 5.41) is 7.73. The molecule has 0 saturated heterocycles. The van der Waals surface area contributed by atoms with Crippen molar-refractivity contribution in [2.24, 2.45) is 0 Å². The van der Waals surface area contributed by atoms with Crippen molar-refractivity contribution in [1.29, 1.82) is 0 Å². The van der Waals surface area contributed by atoms with E-state index < -0.39 is 0 Å². The molecule has 0 atom stereocenters. The molecule has 4 heterocycles. The molecule has 0 spiro atoms. The van der Waals surface area contributed by atoms with E-state index in [1.165, 1.54) is 33.4 Å². The van der Waals surface area contributed by atoms with Crippen LogP contribution in [0.5, 0.6) is 0 Å².